The van der Waals surface area contributed by atoms with E-state index in [4.69, 9.17) is 0 Å². The summed E-state index contributed by atoms with van der Waals surface area (Å²) in [5, 5.41) is 13.4. The Kier molecular flexibility index (Phi) is 6.40. The number of benzene rings is 1. The summed E-state index contributed by atoms with van der Waals surface area (Å²) in [7, 11) is 1.98. The second kappa shape index (κ2) is 8.06. The molecule has 0 saturated heterocycles. The fraction of sp³-hybridized carbons (Fsp3) is 0.647. The van der Waals surface area contributed by atoms with Crippen LogP contribution in [0.2, 0.25) is 0 Å². The number of thioether (sulfide) groups is 1. The average Bonchev–Trinajstić information content (AvgIpc) is 2.97. The Morgan fingerprint density at radius 1 is 1.25 bits per heavy atom. The van der Waals surface area contributed by atoms with Crippen molar-refractivity contribution in [3.63, 3.8) is 0 Å². The third-order valence-electron chi connectivity index (χ3n) is 4.34. The highest BCUT2D eigenvalue weighted by Crippen LogP contribution is 2.30. The minimum absolute atomic E-state index is 0.154. The molecule has 2 N–H and O–H groups in total. The molecule has 2 atom stereocenters. The lowest BCUT2D eigenvalue weighted by Gasteiger charge is -2.15. The van der Waals surface area contributed by atoms with Crippen molar-refractivity contribution in [2.75, 3.05) is 12.8 Å². The molecule has 1 aromatic carbocycles. The molecule has 0 aromatic heterocycles. The van der Waals surface area contributed by atoms with Gasteiger partial charge in [0.15, 0.2) is 0 Å². The Morgan fingerprint density at radius 2 is 1.90 bits per heavy atom. The van der Waals surface area contributed by atoms with E-state index in [0.29, 0.717) is 6.04 Å². The van der Waals surface area contributed by atoms with Crippen LogP contribution in [-0.4, -0.2) is 24.0 Å². The zero-order valence-corrected chi connectivity index (χ0v) is 13.5. The van der Waals surface area contributed by atoms with E-state index in [0.717, 1.165) is 18.1 Å². The number of aliphatic hydroxyl groups is 1. The Labute approximate surface area is 127 Å². The monoisotopic (exact) mass is 293 g/mol. The van der Waals surface area contributed by atoms with E-state index in [1.165, 1.54) is 36.1 Å². The van der Waals surface area contributed by atoms with E-state index < -0.39 is 0 Å². The van der Waals surface area contributed by atoms with Crippen LogP contribution < -0.4 is 5.32 Å². The van der Waals surface area contributed by atoms with Crippen LogP contribution in [0.4, 0.5) is 0 Å². The van der Waals surface area contributed by atoms with Crippen LogP contribution in [0.25, 0.3) is 0 Å². The van der Waals surface area contributed by atoms with Gasteiger partial charge in [-0.15, -0.1) is 11.8 Å². The van der Waals surface area contributed by atoms with Gasteiger partial charge in [0.2, 0.25) is 0 Å². The molecule has 0 bridgehead atoms. The topological polar surface area (TPSA) is 32.3 Å². The van der Waals surface area contributed by atoms with Gasteiger partial charge in [-0.3, -0.25) is 0 Å². The van der Waals surface area contributed by atoms with Crippen molar-refractivity contribution < 1.29 is 5.11 Å². The zero-order valence-electron chi connectivity index (χ0n) is 12.6. The minimum Gasteiger partial charge on any atom is -0.392 e. The summed E-state index contributed by atoms with van der Waals surface area (Å²) in [6, 6.07) is 9.06. The predicted molar refractivity (Wildman–Crippen MR) is 87.2 cm³/mol. The zero-order chi connectivity index (χ0) is 14.4. The fourth-order valence-electron chi connectivity index (χ4n) is 2.91. The number of hydrogen-bond donors (Lipinski definition) is 2. The number of hydrogen-bond acceptors (Lipinski definition) is 3. The van der Waals surface area contributed by atoms with Crippen LogP contribution in [0.1, 0.15) is 50.6 Å². The van der Waals surface area contributed by atoms with Crippen molar-refractivity contribution in [3.05, 3.63) is 29.8 Å². The summed E-state index contributed by atoms with van der Waals surface area (Å²) < 4.78 is 0. The average molecular weight is 293 g/mol. The molecule has 0 amide bonds. The van der Waals surface area contributed by atoms with Gasteiger partial charge in [-0.1, -0.05) is 37.8 Å². The van der Waals surface area contributed by atoms with Gasteiger partial charge in [-0.25, -0.2) is 0 Å². The maximum absolute atomic E-state index is 10.1. The normalized spacial score (nSPS) is 19.1. The summed E-state index contributed by atoms with van der Waals surface area (Å²) in [6.45, 7) is 2.16. The molecular weight excluding hydrogens is 266 g/mol. The second-order valence-corrected chi connectivity index (χ2v) is 7.02. The lowest BCUT2D eigenvalue weighted by Crippen LogP contribution is -2.14. The maximum Gasteiger partial charge on any atom is 0.0636 e. The highest BCUT2D eigenvalue weighted by atomic mass is 32.2. The van der Waals surface area contributed by atoms with E-state index in [-0.39, 0.29) is 6.10 Å². The number of nitrogens with one attached hydrogen (secondary N) is 1. The molecular formula is C17H27NOS. The van der Waals surface area contributed by atoms with Gasteiger partial charge in [0.1, 0.15) is 0 Å². The lowest BCUT2D eigenvalue weighted by atomic mass is 10.0. The van der Waals surface area contributed by atoms with E-state index in [1.807, 2.05) is 7.05 Å². The van der Waals surface area contributed by atoms with E-state index >= 15 is 0 Å². The SMILES string of the molecule is CNC(C)c1ccc(SCC(O)CC2CCCC2)cc1. The van der Waals surface area contributed by atoms with Gasteiger partial charge in [0, 0.05) is 16.7 Å². The fourth-order valence-corrected chi connectivity index (χ4v) is 3.76. The lowest BCUT2D eigenvalue weighted by molar-refractivity contribution is 0.166. The van der Waals surface area contributed by atoms with Crippen LogP contribution in [0.5, 0.6) is 0 Å². The van der Waals surface area contributed by atoms with Crippen molar-refractivity contribution >= 4 is 11.8 Å². The highest BCUT2D eigenvalue weighted by Gasteiger charge is 2.18. The molecule has 0 spiro atoms. The first-order chi connectivity index (χ1) is 9.69. The standard InChI is InChI=1S/C17H27NOS/c1-13(18-2)15-7-9-17(10-8-15)20-12-16(19)11-14-5-3-4-6-14/h7-10,13-14,16,18-19H,3-6,11-12H2,1-2H3. The van der Waals surface area contributed by atoms with Crippen LogP contribution in [0.15, 0.2) is 29.2 Å². The number of aliphatic hydroxyl groups excluding tert-OH is 1. The molecule has 2 nitrogen and oxygen atoms in total. The van der Waals surface area contributed by atoms with Crippen LogP contribution in [-0.2, 0) is 0 Å². The van der Waals surface area contributed by atoms with Crippen molar-refractivity contribution in [2.24, 2.45) is 5.92 Å². The predicted octanol–water partition coefficient (Wildman–Crippen LogP) is 4.00. The van der Waals surface area contributed by atoms with E-state index in [1.54, 1.807) is 11.8 Å². The molecule has 1 aliphatic carbocycles. The van der Waals surface area contributed by atoms with Gasteiger partial charge in [0.25, 0.3) is 0 Å². The Balaban J connectivity index is 1.75. The molecule has 1 aliphatic rings. The molecule has 112 valence electrons. The smallest absolute Gasteiger partial charge is 0.0636 e. The summed E-state index contributed by atoms with van der Waals surface area (Å²) in [5.41, 5.74) is 1.31. The Hall–Kier alpha value is -0.510. The first-order valence-corrected chi connectivity index (χ1v) is 8.75. The highest BCUT2D eigenvalue weighted by molar-refractivity contribution is 7.99. The van der Waals surface area contributed by atoms with Crippen molar-refractivity contribution in [3.8, 4) is 0 Å². The third-order valence-corrected chi connectivity index (χ3v) is 5.49. The van der Waals surface area contributed by atoms with Crippen LogP contribution in [0.3, 0.4) is 0 Å². The molecule has 2 rings (SSSR count). The van der Waals surface area contributed by atoms with E-state index in [2.05, 4.69) is 36.5 Å². The summed E-state index contributed by atoms with van der Waals surface area (Å²) >= 11 is 1.77. The quantitative estimate of drug-likeness (QED) is 0.745. The van der Waals surface area contributed by atoms with Crippen molar-refractivity contribution in [1.82, 2.24) is 5.32 Å². The molecule has 20 heavy (non-hydrogen) atoms. The molecule has 0 heterocycles. The molecule has 0 radical (unpaired) electrons. The number of rotatable bonds is 7. The Morgan fingerprint density at radius 3 is 2.50 bits per heavy atom. The first-order valence-electron chi connectivity index (χ1n) is 7.77. The second-order valence-electron chi connectivity index (χ2n) is 5.93. The molecule has 2 unspecified atom stereocenters. The first kappa shape index (κ1) is 15.9. The molecule has 1 aromatic rings. The van der Waals surface area contributed by atoms with Crippen molar-refractivity contribution in [1.29, 1.82) is 0 Å². The van der Waals surface area contributed by atoms with Crippen molar-refractivity contribution in [2.45, 2.75) is 56.1 Å². The Bertz CT molecular complexity index is 386. The maximum atomic E-state index is 10.1. The minimum atomic E-state index is -0.154. The van der Waals surface area contributed by atoms with Gasteiger partial charge in [-0.05, 0) is 44.0 Å². The van der Waals surface area contributed by atoms with E-state index in [9.17, 15) is 5.11 Å². The molecule has 3 heteroatoms. The summed E-state index contributed by atoms with van der Waals surface area (Å²) in [5.74, 6) is 1.58. The molecule has 0 aliphatic heterocycles. The van der Waals surface area contributed by atoms with Gasteiger partial charge < -0.3 is 10.4 Å². The van der Waals surface area contributed by atoms with Gasteiger partial charge in [0.05, 0.1) is 6.10 Å². The van der Waals surface area contributed by atoms with Crippen LogP contribution >= 0.6 is 11.8 Å². The molecule has 1 fully saturated rings. The van der Waals surface area contributed by atoms with Gasteiger partial charge >= 0.3 is 0 Å². The largest absolute Gasteiger partial charge is 0.392 e. The van der Waals surface area contributed by atoms with Crippen LogP contribution in [0, 0.1) is 5.92 Å². The van der Waals surface area contributed by atoms with Gasteiger partial charge in [-0.2, -0.15) is 0 Å². The third kappa shape index (κ3) is 4.80. The molecule has 1 saturated carbocycles. The summed E-state index contributed by atoms with van der Waals surface area (Å²) in [4.78, 5) is 1.25. The summed E-state index contributed by atoms with van der Waals surface area (Å²) in [6.07, 6.45) is 6.18.